The van der Waals surface area contributed by atoms with Crippen LogP contribution in [0, 0.1) is 0 Å². The maximum Gasteiger partial charge on any atom is 0.254 e. The highest BCUT2D eigenvalue weighted by atomic mass is 16.5. The van der Waals surface area contributed by atoms with Crippen molar-refractivity contribution in [1.82, 2.24) is 4.90 Å². The van der Waals surface area contributed by atoms with Crippen LogP contribution in [0.15, 0.2) is 12.1 Å². The maximum atomic E-state index is 13.1. The second kappa shape index (κ2) is 9.51. The predicted molar refractivity (Wildman–Crippen MR) is 97.7 cm³/mol. The van der Waals surface area contributed by atoms with Crippen LogP contribution in [-0.2, 0) is 0 Å². The molecule has 1 aromatic carbocycles. The van der Waals surface area contributed by atoms with Gasteiger partial charge < -0.3 is 24.8 Å². The first-order chi connectivity index (χ1) is 12.2. The molecule has 1 fully saturated rings. The lowest BCUT2D eigenvalue weighted by atomic mass is 10.0. The van der Waals surface area contributed by atoms with Crippen LogP contribution in [-0.4, -0.2) is 49.8 Å². The molecule has 1 amide bonds. The molecule has 1 unspecified atom stereocenters. The normalized spacial score (nSPS) is 17.3. The third kappa shape index (κ3) is 4.57. The van der Waals surface area contributed by atoms with Crippen molar-refractivity contribution in [3.05, 3.63) is 17.7 Å². The minimum Gasteiger partial charge on any atom is -0.490 e. The Hall–Kier alpha value is -1.95. The average molecular weight is 350 g/mol. The van der Waals surface area contributed by atoms with Crippen molar-refractivity contribution in [1.29, 1.82) is 0 Å². The largest absolute Gasteiger partial charge is 0.490 e. The van der Waals surface area contributed by atoms with E-state index in [0.29, 0.717) is 49.2 Å². The molecule has 6 heteroatoms. The number of likely N-dealkylation sites (tertiary alicyclic amines) is 1. The van der Waals surface area contributed by atoms with E-state index in [2.05, 4.69) is 0 Å². The standard InChI is InChI=1S/C19H30N2O4/c1-4-23-16-11-14(12-17(24-5-2)18(16)25-6-3)19(22)21-10-8-7-9-15(21)13-20/h11-12,15H,4-10,13,20H2,1-3H3. The van der Waals surface area contributed by atoms with Gasteiger partial charge in [0.2, 0.25) is 5.75 Å². The zero-order valence-electron chi connectivity index (χ0n) is 15.5. The van der Waals surface area contributed by atoms with Crippen LogP contribution in [0.25, 0.3) is 0 Å². The lowest BCUT2D eigenvalue weighted by Gasteiger charge is -2.35. The van der Waals surface area contributed by atoms with Gasteiger partial charge in [-0.05, 0) is 52.2 Å². The van der Waals surface area contributed by atoms with E-state index in [0.717, 1.165) is 25.8 Å². The average Bonchev–Trinajstić information content (AvgIpc) is 2.63. The van der Waals surface area contributed by atoms with Crippen molar-refractivity contribution < 1.29 is 19.0 Å². The molecule has 2 rings (SSSR count). The molecule has 0 saturated carbocycles. The van der Waals surface area contributed by atoms with Crippen LogP contribution >= 0.6 is 0 Å². The summed E-state index contributed by atoms with van der Waals surface area (Å²) in [7, 11) is 0. The number of hydrogen-bond acceptors (Lipinski definition) is 5. The number of nitrogens with two attached hydrogens (primary N) is 1. The van der Waals surface area contributed by atoms with Crippen LogP contribution in [0.2, 0.25) is 0 Å². The van der Waals surface area contributed by atoms with Gasteiger partial charge in [-0.2, -0.15) is 0 Å². The van der Waals surface area contributed by atoms with Gasteiger partial charge in [-0.3, -0.25) is 4.79 Å². The molecule has 1 aliphatic rings. The number of piperidine rings is 1. The van der Waals surface area contributed by atoms with E-state index in [1.54, 1.807) is 12.1 Å². The summed E-state index contributed by atoms with van der Waals surface area (Å²) in [5.74, 6) is 1.61. The van der Waals surface area contributed by atoms with Crippen molar-refractivity contribution in [3.63, 3.8) is 0 Å². The van der Waals surface area contributed by atoms with E-state index in [4.69, 9.17) is 19.9 Å². The SMILES string of the molecule is CCOc1cc(C(=O)N2CCCCC2CN)cc(OCC)c1OCC. The van der Waals surface area contributed by atoms with Crippen molar-refractivity contribution >= 4 is 5.91 Å². The minimum atomic E-state index is -0.0277. The van der Waals surface area contributed by atoms with E-state index in [9.17, 15) is 4.79 Å². The highest BCUT2D eigenvalue weighted by molar-refractivity contribution is 5.96. The van der Waals surface area contributed by atoms with Crippen LogP contribution in [0.5, 0.6) is 17.2 Å². The molecule has 2 N–H and O–H groups in total. The lowest BCUT2D eigenvalue weighted by molar-refractivity contribution is 0.0622. The van der Waals surface area contributed by atoms with Crippen molar-refractivity contribution in [2.75, 3.05) is 32.9 Å². The number of benzene rings is 1. The molecule has 6 nitrogen and oxygen atoms in total. The Balaban J connectivity index is 2.40. The van der Waals surface area contributed by atoms with Crippen LogP contribution in [0.1, 0.15) is 50.4 Å². The highest BCUT2D eigenvalue weighted by Crippen LogP contribution is 2.39. The first kappa shape index (κ1) is 19.4. The number of ether oxygens (including phenoxy) is 3. The Bertz CT molecular complexity index is 550. The quantitative estimate of drug-likeness (QED) is 0.780. The molecule has 140 valence electrons. The molecule has 0 aliphatic carbocycles. The molecular weight excluding hydrogens is 320 g/mol. The van der Waals surface area contributed by atoms with Gasteiger partial charge in [0.05, 0.1) is 19.8 Å². The van der Waals surface area contributed by atoms with Gasteiger partial charge in [-0.1, -0.05) is 0 Å². The summed E-state index contributed by atoms with van der Waals surface area (Å²) in [6.45, 7) is 8.40. The minimum absolute atomic E-state index is 0.0277. The molecule has 1 heterocycles. The lowest BCUT2D eigenvalue weighted by Crippen LogP contribution is -2.47. The van der Waals surface area contributed by atoms with E-state index in [1.165, 1.54) is 0 Å². The summed E-state index contributed by atoms with van der Waals surface area (Å²) in [6.07, 6.45) is 3.08. The summed E-state index contributed by atoms with van der Waals surface area (Å²) < 4.78 is 17.1. The molecular formula is C19H30N2O4. The fraction of sp³-hybridized carbons (Fsp3) is 0.632. The summed E-state index contributed by atoms with van der Waals surface area (Å²) in [6, 6.07) is 3.60. The molecule has 0 bridgehead atoms. The number of carbonyl (C=O) groups excluding carboxylic acids is 1. The van der Waals surface area contributed by atoms with E-state index >= 15 is 0 Å². The predicted octanol–water partition coefficient (Wildman–Crippen LogP) is 2.84. The number of amides is 1. The molecule has 25 heavy (non-hydrogen) atoms. The van der Waals surface area contributed by atoms with E-state index < -0.39 is 0 Å². The second-order valence-corrected chi connectivity index (χ2v) is 5.98. The first-order valence-electron chi connectivity index (χ1n) is 9.23. The molecule has 0 spiro atoms. The van der Waals surface area contributed by atoms with Crippen molar-refractivity contribution in [3.8, 4) is 17.2 Å². The highest BCUT2D eigenvalue weighted by Gasteiger charge is 2.28. The number of hydrogen-bond donors (Lipinski definition) is 1. The number of carbonyl (C=O) groups is 1. The Morgan fingerprint density at radius 1 is 1.08 bits per heavy atom. The van der Waals surface area contributed by atoms with Gasteiger partial charge in [0.1, 0.15) is 0 Å². The molecule has 1 saturated heterocycles. The zero-order chi connectivity index (χ0) is 18.2. The number of nitrogens with zero attached hydrogens (tertiary/aromatic N) is 1. The van der Waals surface area contributed by atoms with Crippen molar-refractivity contribution in [2.24, 2.45) is 5.73 Å². The Labute approximate surface area is 150 Å². The second-order valence-electron chi connectivity index (χ2n) is 5.98. The molecule has 1 aromatic rings. The summed E-state index contributed by atoms with van der Waals surface area (Å²) in [4.78, 5) is 14.9. The summed E-state index contributed by atoms with van der Waals surface area (Å²) >= 11 is 0. The number of rotatable bonds is 8. The third-order valence-electron chi connectivity index (χ3n) is 4.32. The monoisotopic (exact) mass is 350 g/mol. The first-order valence-corrected chi connectivity index (χ1v) is 9.23. The summed E-state index contributed by atoms with van der Waals surface area (Å²) in [5.41, 5.74) is 6.42. The van der Waals surface area contributed by atoms with Crippen molar-refractivity contribution in [2.45, 2.75) is 46.1 Å². The van der Waals surface area contributed by atoms with Gasteiger partial charge in [0.15, 0.2) is 11.5 Å². The maximum absolute atomic E-state index is 13.1. The topological polar surface area (TPSA) is 74.0 Å². The van der Waals surface area contributed by atoms with Gasteiger partial charge in [-0.25, -0.2) is 0 Å². The van der Waals surface area contributed by atoms with E-state index in [-0.39, 0.29) is 11.9 Å². The third-order valence-corrected chi connectivity index (χ3v) is 4.32. The van der Waals surface area contributed by atoms with Gasteiger partial charge in [0, 0.05) is 24.7 Å². The van der Waals surface area contributed by atoms with Crippen LogP contribution in [0.3, 0.4) is 0 Å². The Morgan fingerprint density at radius 2 is 1.68 bits per heavy atom. The summed E-state index contributed by atoms with van der Waals surface area (Å²) in [5, 5.41) is 0. The van der Waals surface area contributed by atoms with Gasteiger partial charge in [-0.15, -0.1) is 0 Å². The molecule has 0 aromatic heterocycles. The molecule has 0 radical (unpaired) electrons. The van der Waals surface area contributed by atoms with Crippen LogP contribution in [0.4, 0.5) is 0 Å². The fourth-order valence-corrected chi connectivity index (χ4v) is 3.19. The van der Waals surface area contributed by atoms with Gasteiger partial charge >= 0.3 is 0 Å². The van der Waals surface area contributed by atoms with E-state index in [1.807, 2.05) is 25.7 Å². The smallest absolute Gasteiger partial charge is 0.254 e. The molecule has 1 aliphatic heterocycles. The Kier molecular flexibility index (Phi) is 7.37. The van der Waals surface area contributed by atoms with Crippen LogP contribution < -0.4 is 19.9 Å². The van der Waals surface area contributed by atoms with Gasteiger partial charge in [0.25, 0.3) is 5.91 Å². The fourth-order valence-electron chi connectivity index (χ4n) is 3.19. The zero-order valence-corrected chi connectivity index (χ0v) is 15.5. The molecule has 1 atom stereocenters. The Morgan fingerprint density at radius 3 is 2.20 bits per heavy atom.